The molecule has 0 radical (unpaired) electrons. The summed E-state index contributed by atoms with van der Waals surface area (Å²) in [7, 11) is 1.54. The molecule has 3 aromatic rings. The number of rotatable bonds is 9. The molecule has 12 heteroatoms. The first-order valence-electron chi connectivity index (χ1n) is 12.8. The van der Waals surface area contributed by atoms with E-state index in [9.17, 15) is 19.5 Å². The van der Waals surface area contributed by atoms with Gasteiger partial charge in [-0.3, -0.25) is 14.4 Å². The number of aromatic nitrogens is 2. The lowest BCUT2D eigenvalue weighted by atomic mass is 10.0. The Kier molecular flexibility index (Phi) is 7.85. The number of aliphatic hydroxyl groups excluding tert-OH is 1. The molecule has 1 fully saturated rings. The smallest absolute Gasteiger partial charge is 0.254 e. The molecule has 2 aliphatic rings. The van der Waals surface area contributed by atoms with Gasteiger partial charge in [-0.1, -0.05) is 35.9 Å². The van der Waals surface area contributed by atoms with Crippen LogP contribution in [0.1, 0.15) is 34.5 Å². The average Bonchev–Trinajstić information content (AvgIpc) is 3.23. The number of hydrogen-bond donors (Lipinski definition) is 3. The first kappa shape index (κ1) is 27.4. The van der Waals surface area contributed by atoms with E-state index in [0.717, 1.165) is 5.56 Å². The molecule has 40 heavy (non-hydrogen) atoms. The summed E-state index contributed by atoms with van der Waals surface area (Å²) in [5.74, 6) is 0.344. The van der Waals surface area contributed by atoms with Gasteiger partial charge in [0.1, 0.15) is 12.3 Å². The van der Waals surface area contributed by atoms with Crippen molar-refractivity contribution >= 4 is 35.3 Å². The summed E-state index contributed by atoms with van der Waals surface area (Å²) in [4.78, 5) is 49.5. The highest BCUT2D eigenvalue weighted by Gasteiger charge is 2.31. The molecule has 0 unspecified atom stereocenters. The zero-order chi connectivity index (χ0) is 28.4. The van der Waals surface area contributed by atoms with Crippen LogP contribution in [0.25, 0.3) is 11.3 Å². The first-order valence-corrected chi connectivity index (χ1v) is 13.1. The standard InChI is InChI=1S/C28H29ClN6O5/c1-16(37)34-12-20(13-34)31-28-30-10-23(29)26(33-28)18-6-7-19-11-35(27(39)22(19)9-18)14-25(38)32-24(15-36)17-4-3-5-21(8-17)40-2/h3-10,20,24,36H,11-15H2,1-2H3,(H,32,38)(H,30,31,33)/t24-/m1/s1. The fourth-order valence-corrected chi connectivity index (χ4v) is 4.99. The summed E-state index contributed by atoms with van der Waals surface area (Å²) < 4.78 is 5.22. The van der Waals surface area contributed by atoms with Crippen LogP contribution in [0.3, 0.4) is 0 Å². The topological polar surface area (TPSA) is 137 Å². The maximum absolute atomic E-state index is 13.2. The number of fused-ring (bicyclic) bond motifs is 1. The Labute approximate surface area is 236 Å². The van der Waals surface area contributed by atoms with Crippen LogP contribution in [0, 0.1) is 0 Å². The molecule has 0 spiro atoms. The van der Waals surface area contributed by atoms with Crippen LogP contribution in [0.2, 0.25) is 5.02 Å². The molecule has 1 saturated heterocycles. The maximum Gasteiger partial charge on any atom is 0.254 e. The first-order chi connectivity index (χ1) is 19.2. The van der Waals surface area contributed by atoms with E-state index < -0.39 is 11.9 Å². The van der Waals surface area contributed by atoms with Crippen molar-refractivity contribution in [2.24, 2.45) is 0 Å². The summed E-state index contributed by atoms with van der Waals surface area (Å²) in [6, 6.07) is 11.9. The van der Waals surface area contributed by atoms with Crippen LogP contribution < -0.4 is 15.4 Å². The van der Waals surface area contributed by atoms with Gasteiger partial charge in [0.2, 0.25) is 17.8 Å². The molecule has 3 amide bonds. The van der Waals surface area contributed by atoms with Gasteiger partial charge < -0.3 is 30.3 Å². The van der Waals surface area contributed by atoms with Gasteiger partial charge >= 0.3 is 0 Å². The number of halogens is 1. The molecular weight excluding hydrogens is 536 g/mol. The Hall–Kier alpha value is -4.22. The monoisotopic (exact) mass is 564 g/mol. The van der Waals surface area contributed by atoms with Crippen LogP contribution in [0.15, 0.2) is 48.7 Å². The second kappa shape index (κ2) is 11.5. The normalized spacial score (nSPS) is 15.3. The van der Waals surface area contributed by atoms with E-state index in [1.165, 1.54) is 18.0 Å². The number of benzene rings is 2. The SMILES string of the molecule is COc1cccc([C@@H](CO)NC(=O)CN2Cc3ccc(-c4nc(NC5CN(C(C)=O)C5)ncc4Cl)cc3C2=O)c1. The summed E-state index contributed by atoms with van der Waals surface area (Å²) in [5, 5.41) is 16.2. The lowest BCUT2D eigenvalue weighted by Crippen LogP contribution is -2.56. The Morgan fingerprint density at radius 3 is 2.75 bits per heavy atom. The number of likely N-dealkylation sites (tertiary alicyclic amines) is 1. The maximum atomic E-state index is 13.2. The number of nitrogens with one attached hydrogen (secondary N) is 2. The molecule has 0 aliphatic carbocycles. The lowest BCUT2D eigenvalue weighted by Gasteiger charge is -2.38. The summed E-state index contributed by atoms with van der Waals surface area (Å²) in [5.41, 5.74) is 3.07. The minimum Gasteiger partial charge on any atom is -0.497 e. The minimum atomic E-state index is -0.637. The third kappa shape index (κ3) is 5.70. The van der Waals surface area contributed by atoms with Gasteiger partial charge in [0, 0.05) is 37.7 Å². The molecule has 3 heterocycles. The van der Waals surface area contributed by atoms with Gasteiger partial charge in [-0.15, -0.1) is 0 Å². The van der Waals surface area contributed by atoms with Crippen molar-refractivity contribution in [3.8, 4) is 17.0 Å². The van der Waals surface area contributed by atoms with Crippen molar-refractivity contribution in [2.75, 3.05) is 38.7 Å². The molecule has 0 saturated carbocycles. The van der Waals surface area contributed by atoms with Gasteiger partial charge in [-0.25, -0.2) is 9.97 Å². The second-order valence-electron chi connectivity index (χ2n) is 9.77. The quantitative estimate of drug-likeness (QED) is 0.360. The van der Waals surface area contributed by atoms with Gasteiger partial charge in [-0.2, -0.15) is 0 Å². The molecule has 208 valence electrons. The number of nitrogens with zero attached hydrogens (tertiary/aromatic N) is 4. The predicted molar refractivity (Wildman–Crippen MR) is 148 cm³/mol. The molecule has 1 atom stereocenters. The molecule has 3 N–H and O–H groups in total. The molecule has 2 aromatic carbocycles. The predicted octanol–water partition coefficient (Wildman–Crippen LogP) is 2.25. The number of carbonyl (C=O) groups excluding carboxylic acids is 3. The fraction of sp³-hybridized carbons (Fsp3) is 0.321. The molecule has 11 nitrogen and oxygen atoms in total. The summed E-state index contributed by atoms with van der Waals surface area (Å²) >= 11 is 6.41. The molecule has 0 bridgehead atoms. The van der Waals surface area contributed by atoms with Crippen molar-refractivity contribution in [1.82, 2.24) is 25.1 Å². The Morgan fingerprint density at radius 1 is 1.23 bits per heavy atom. The largest absolute Gasteiger partial charge is 0.497 e. The van der Waals surface area contributed by atoms with Gasteiger partial charge in [-0.05, 0) is 29.3 Å². The lowest BCUT2D eigenvalue weighted by molar-refractivity contribution is -0.132. The Balaban J connectivity index is 1.25. The van der Waals surface area contributed by atoms with E-state index in [4.69, 9.17) is 16.3 Å². The molecule has 1 aromatic heterocycles. The van der Waals surface area contributed by atoms with Crippen molar-refractivity contribution in [3.63, 3.8) is 0 Å². The van der Waals surface area contributed by atoms with Crippen molar-refractivity contribution in [2.45, 2.75) is 25.6 Å². The van der Waals surface area contributed by atoms with E-state index in [-0.39, 0.29) is 37.6 Å². The van der Waals surface area contributed by atoms with Crippen LogP contribution in [0.4, 0.5) is 5.95 Å². The number of hydrogen-bond acceptors (Lipinski definition) is 8. The minimum absolute atomic E-state index is 0.0233. The van der Waals surface area contributed by atoms with Crippen molar-refractivity contribution < 1.29 is 24.2 Å². The molecular formula is C28H29ClN6O5. The van der Waals surface area contributed by atoms with E-state index in [1.807, 2.05) is 12.1 Å². The van der Waals surface area contributed by atoms with Gasteiger partial charge in [0.05, 0.1) is 42.7 Å². The third-order valence-corrected chi connectivity index (χ3v) is 7.29. The summed E-state index contributed by atoms with van der Waals surface area (Å²) in [6.07, 6.45) is 1.50. The van der Waals surface area contributed by atoms with E-state index in [0.29, 0.717) is 52.2 Å². The number of methoxy groups -OCH3 is 1. The molecule has 5 rings (SSSR count). The number of amides is 3. The fourth-order valence-electron chi connectivity index (χ4n) is 4.79. The van der Waals surface area contributed by atoms with Crippen LogP contribution >= 0.6 is 11.6 Å². The van der Waals surface area contributed by atoms with E-state index in [1.54, 1.807) is 42.3 Å². The highest BCUT2D eigenvalue weighted by molar-refractivity contribution is 6.33. The van der Waals surface area contributed by atoms with E-state index >= 15 is 0 Å². The zero-order valence-electron chi connectivity index (χ0n) is 22.1. The van der Waals surface area contributed by atoms with Gasteiger partial charge in [0.15, 0.2) is 0 Å². The Morgan fingerprint density at radius 2 is 2.02 bits per heavy atom. The van der Waals surface area contributed by atoms with Crippen LogP contribution in [-0.2, 0) is 16.1 Å². The van der Waals surface area contributed by atoms with E-state index in [2.05, 4.69) is 20.6 Å². The van der Waals surface area contributed by atoms with Gasteiger partial charge in [0.25, 0.3) is 5.91 Å². The van der Waals surface area contributed by atoms with Crippen LogP contribution in [-0.4, -0.2) is 82.0 Å². The highest BCUT2D eigenvalue weighted by Crippen LogP contribution is 2.32. The number of anilines is 1. The number of ether oxygens (including phenoxy) is 1. The number of carbonyl (C=O) groups is 3. The van der Waals surface area contributed by atoms with Crippen molar-refractivity contribution in [1.29, 1.82) is 0 Å². The second-order valence-corrected chi connectivity index (χ2v) is 10.2. The van der Waals surface area contributed by atoms with Crippen LogP contribution in [0.5, 0.6) is 5.75 Å². The van der Waals surface area contributed by atoms with Crippen molar-refractivity contribution in [3.05, 3.63) is 70.4 Å². The average molecular weight is 565 g/mol. The summed E-state index contributed by atoms with van der Waals surface area (Å²) in [6.45, 7) is 2.50. The number of aliphatic hydroxyl groups is 1. The third-order valence-electron chi connectivity index (χ3n) is 7.01. The Bertz CT molecular complexity index is 1460. The molecule has 2 aliphatic heterocycles. The zero-order valence-corrected chi connectivity index (χ0v) is 22.8. The highest BCUT2D eigenvalue weighted by atomic mass is 35.5.